The van der Waals surface area contributed by atoms with Gasteiger partial charge in [0.25, 0.3) is 17.0 Å². The highest BCUT2D eigenvalue weighted by atomic mass is 32.2. The van der Waals surface area contributed by atoms with E-state index in [0.29, 0.717) is 0 Å². The predicted molar refractivity (Wildman–Crippen MR) is 123 cm³/mol. The van der Waals surface area contributed by atoms with Gasteiger partial charge in [-0.25, -0.2) is 8.42 Å². The molecule has 0 aliphatic carbocycles. The van der Waals surface area contributed by atoms with Gasteiger partial charge >= 0.3 is 0 Å². The Balaban J connectivity index is 1.73. The lowest BCUT2D eigenvalue weighted by Crippen LogP contribution is -2.34. The Hall–Kier alpha value is -3.77. The van der Waals surface area contributed by atoms with Crippen molar-refractivity contribution >= 4 is 38.3 Å². The molecule has 0 saturated heterocycles. The number of hydrogen-bond donors (Lipinski definition) is 4. The van der Waals surface area contributed by atoms with Crippen molar-refractivity contribution in [3.63, 3.8) is 0 Å². The molecule has 0 aliphatic rings. The van der Waals surface area contributed by atoms with Crippen LogP contribution in [0.5, 0.6) is 0 Å². The van der Waals surface area contributed by atoms with Crippen molar-refractivity contribution < 1.29 is 18.0 Å². The van der Waals surface area contributed by atoms with Gasteiger partial charge in [-0.05, 0) is 30.3 Å². The van der Waals surface area contributed by atoms with Gasteiger partial charge < -0.3 is 10.6 Å². The highest BCUT2D eigenvalue weighted by Gasteiger charge is 2.22. The first-order valence-electron chi connectivity index (χ1n) is 10.1. The zero-order chi connectivity index (χ0) is 24.2. The molecule has 1 aromatic heterocycles. The smallest absolute Gasteiger partial charge is 0.272 e. The summed E-state index contributed by atoms with van der Waals surface area (Å²) >= 11 is 0. The van der Waals surface area contributed by atoms with E-state index in [0.717, 1.165) is 0 Å². The molecule has 0 radical (unpaired) electrons. The first kappa shape index (κ1) is 23.9. The van der Waals surface area contributed by atoms with E-state index in [1.54, 1.807) is 13.8 Å². The molecule has 0 atom stereocenters. The molecule has 174 valence electrons. The monoisotopic (exact) mass is 473 g/mol. The van der Waals surface area contributed by atoms with E-state index in [4.69, 9.17) is 0 Å². The molecule has 3 aromatic rings. The molecule has 2 aromatic carbocycles. The number of aromatic nitrogens is 2. The lowest BCUT2D eigenvalue weighted by atomic mass is 10.1. The van der Waals surface area contributed by atoms with E-state index in [-0.39, 0.29) is 40.0 Å². The fraction of sp³-hybridized carbons (Fsp3) is 0.238. The van der Waals surface area contributed by atoms with Crippen molar-refractivity contribution in [2.75, 3.05) is 25.0 Å². The number of aromatic amines is 2. The number of hydrogen-bond acceptors (Lipinski definition) is 6. The number of fused-ring (bicyclic) bond motifs is 1. The Morgan fingerprint density at radius 3 is 2.33 bits per heavy atom. The molecular formula is C21H23N5O6S. The molecule has 0 unspecified atom stereocenters. The first-order valence-corrected chi connectivity index (χ1v) is 11.5. The normalized spacial score (nSPS) is 11.5. The molecule has 3 rings (SSSR count). The second kappa shape index (κ2) is 9.79. The van der Waals surface area contributed by atoms with E-state index in [2.05, 4.69) is 20.8 Å². The molecule has 0 bridgehead atoms. The Kier molecular flexibility index (Phi) is 7.09. The van der Waals surface area contributed by atoms with Crippen molar-refractivity contribution in [1.82, 2.24) is 19.8 Å². The number of amides is 2. The Morgan fingerprint density at radius 2 is 1.64 bits per heavy atom. The Morgan fingerprint density at radius 1 is 0.970 bits per heavy atom. The summed E-state index contributed by atoms with van der Waals surface area (Å²) in [6.07, 6.45) is 0. The number of sulfonamides is 1. The number of nitrogens with zero attached hydrogens (tertiary/aromatic N) is 1. The minimum absolute atomic E-state index is 0.00948. The minimum atomic E-state index is -3.74. The summed E-state index contributed by atoms with van der Waals surface area (Å²) in [5.41, 5.74) is -0.917. The average Bonchev–Trinajstić information content (AvgIpc) is 2.80. The highest BCUT2D eigenvalue weighted by Crippen LogP contribution is 2.18. The molecule has 2 amide bonds. The van der Waals surface area contributed by atoms with Gasteiger partial charge in [0.1, 0.15) is 0 Å². The van der Waals surface area contributed by atoms with Crippen LogP contribution in [0.15, 0.2) is 56.9 Å². The zero-order valence-electron chi connectivity index (χ0n) is 18.0. The van der Waals surface area contributed by atoms with Crippen LogP contribution in [0.4, 0.5) is 5.69 Å². The van der Waals surface area contributed by atoms with Gasteiger partial charge in [-0.1, -0.05) is 26.0 Å². The molecule has 0 spiro atoms. The van der Waals surface area contributed by atoms with Crippen LogP contribution >= 0.6 is 0 Å². The maximum atomic E-state index is 12.7. The summed E-state index contributed by atoms with van der Waals surface area (Å²) in [7, 11) is -3.74. The quantitative estimate of drug-likeness (QED) is 0.375. The van der Waals surface area contributed by atoms with Crippen molar-refractivity contribution in [1.29, 1.82) is 0 Å². The minimum Gasteiger partial charge on any atom is -0.343 e. The Bertz CT molecular complexity index is 1420. The van der Waals surface area contributed by atoms with Crippen molar-refractivity contribution in [3.8, 4) is 0 Å². The molecule has 0 aliphatic heterocycles. The summed E-state index contributed by atoms with van der Waals surface area (Å²) < 4.78 is 26.6. The van der Waals surface area contributed by atoms with E-state index in [1.807, 2.05) is 0 Å². The number of H-pyrrole nitrogens is 2. The van der Waals surface area contributed by atoms with Crippen molar-refractivity contribution in [2.45, 2.75) is 18.7 Å². The van der Waals surface area contributed by atoms with Crippen LogP contribution in [0, 0.1) is 0 Å². The molecule has 0 saturated carbocycles. The fourth-order valence-electron chi connectivity index (χ4n) is 3.30. The summed E-state index contributed by atoms with van der Waals surface area (Å²) in [5.74, 6) is -1.28. The van der Waals surface area contributed by atoms with Gasteiger partial charge in [-0.2, -0.15) is 4.31 Å². The van der Waals surface area contributed by atoms with Crippen LogP contribution in [0.2, 0.25) is 0 Å². The van der Waals surface area contributed by atoms with E-state index >= 15 is 0 Å². The maximum Gasteiger partial charge on any atom is 0.272 e. The third-order valence-corrected chi connectivity index (χ3v) is 6.99. The molecule has 4 N–H and O–H groups in total. The number of anilines is 1. The van der Waals surface area contributed by atoms with Crippen molar-refractivity contribution in [2.24, 2.45) is 0 Å². The van der Waals surface area contributed by atoms with Crippen LogP contribution in [0.3, 0.4) is 0 Å². The second-order valence-corrected chi connectivity index (χ2v) is 8.92. The van der Waals surface area contributed by atoms with E-state index in [9.17, 15) is 27.6 Å². The van der Waals surface area contributed by atoms with Crippen LogP contribution in [0.1, 0.15) is 24.2 Å². The largest absolute Gasteiger partial charge is 0.343 e. The number of carbonyl (C=O) groups is 2. The van der Waals surface area contributed by atoms with Crippen LogP contribution < -0.4 is 21.8 Å². The van der Waals surface area contributed by atoms with Crippen LogP contribution in [-0.2, 0) is 14.8 Å². The summed E-state index contributed by atoms with van der Waals surface area (Å²) in [6.45, 7) is 3.58. The number of rotatable bonds is 8. The van der Waals surface area contributed by atoms with Crippen LogP contribution in [0.25, 0.3) is 10.8 Å². The molecule has 33 heavy (non-hydrogen) atoms. The lowest BCUT2D eigenvalue weighted by molar-refractivity contribution is -0.115. The Labute approximate surface area is 188 Å². The number of nitrogens with one attached hydrogen (secondary N) is 4. The van der Waals surface area contributed by atoms with Gasteiger partial charge in [-0.3, -0.25) is 29.4 Å². The van der Waals surface area contributed by atoms with Gasteiger partial charge in [0.15, 0.2) is 0 Å². The first-order chi connectivity index (χ1) is 15.7. The van der Waals surface area contributed by atoms with Crippen molar-refractivity contribution in [3.05, 3.63) is 68.7 Å². The third-order valence-electron chi connectivity index (χ3n) is 4.95. The topological polar surface area (TPSA) is 161 Å². The molecule has 0 fully saturated rings. The average molecular weight is 474 g/mol. The fourth-order valence-corrected chi connectivity index (χ4v) is 4.81. The van der Waals surface area contributed by atoms with E-state index in [1.165, 1.54) is 46.8 Å². The van der Waals surface area contributed by atoms with Gasteiger partial charge in [-0.15, -0.1) is 0 Å². The standard InChI is InChI=1S/C21H23N5O6S/c1-3-26(4-2)33(31,32)14-8-5-7-13(11-14)19(28)22-12-17(27)23-16-10-6-9-15-18(16)21(30)25-24-20(15)29/h5-11H,3-4,12H2,1-2H3,(H,22,28)(H,23,27)(H,24,29)(H,25,30). The van der Waals surface area contributed by atoms with Gasteiger partial charge in [0.05, 0.1) is 27.9 Å². The summed E-state index contributed by atoms with van der Waals surface area (Å²) in [6, 6.07) is 9.94. The van der Waals surface area contributed by atoms with Crippen LogP contribution in [-0.4, -0.2) is 54.4 Å². The SMILES string of the molecule is CCN(CC)S(=O)(=O)c1cccc(C(=O)NCC(=O)Nc2cccc3c(=O)[nH][nH]c(=O)c23)c1. The maximum absolute atomic E-state index is 12.7. The summed E-state index contributed by atoms with van der Waals surface area (Å²) in [5, 5.41) is 9.42. The lowest BCUT2D eigenvalue weighted by Gasteiger charge is -2.18. The summed E-state index contributed by atoms with van der Waals surface area (Å²) in [4.78, 5) is 48.8. The predicted octanol–water partition coefficient (Wildman–Crippen LogP) is 0.615. The molecule has 12 heteroatoms. The second-order valence-electron chi connectivity index (χ2n) is 6.98. The molecule has 11 nitrogen and oxygen atoms in total. The zero-order valence-corrected chi connectivity index (χ0v) is 18.8. The molecular weight excluding hydrogens is 450 g/mol. The van der Waals surface area contributed by atoms with E-state index < -0.39 is 39.5 Å². The van der Waals surface area contributed by atoms with Gasteiger partial charge in [0, 0.05) is 18.7 Å². The number of carbonyl (C=O) groups excluding carboxylic acids is 2. The number of benzene rings is 2. The third kappa shape index (κ3) is 5.02. The highest BCUT2D eigenvalue weighted by molar-refractivity contribution is 7.89. The molecule has 1 heterocycles. The van der Waals surface area contributed by atoms with Gasteiger partial charge in [0.2, 0.25) is 15.9 Å².